The fraction of sp³-hybridized carbons (Fsp3) is 0.905. The van der Waals surface area contributed by atoms with E-state index in [1.807, 2.05) is 0 Å². The van der Waals surface area contributed by atoms with Crippen LogP contribution in [-0.4, -0.2) is 23.7 Å². The summed E-state index contributed by atoms with van der Waals surface area (Å²) in [6, 6.07) is 0. The number of aliphatic carboxylic acids is 1. The molecule has 0 fully saturated rings. The lowest BCUT2D eigenvalue weighted by atomic mass is 10.1. The van der Waals surface area contributed by atoms with Gasteiger partial charge in [0.25, 0.3) is 0 Å². The fourth-order valence-electron chi connectivity index (χ4n) is 2.92. The molecule has 148 valence electrons. The zero-order valence-electron chi connectivity index (χ0n) is 16.4. The topological polar surface area (TPSA) is 63.6 Å². The van der Waals surface area contributed by atoms with Crippen LogP contribution in [0.25, 0.3) is 0 Å². The summed E-state index contributed by atoms with van der Waals surface area (Å²) in [6.07, 6.45) is 18.4. The highest BCUT2D eigenvalue weighted by Crippen LogP contribution is 2.12. The molecule has 0 saturated carbocycles. The van der Waals surface area contributed by atoms with Gasteiger partial charge in [0, 0.05) is 12.8 Å². The van der Waals surface area contributed by atoms with Gasteiger partial charge in [0.15, 0.2) is 0 Å². The number of esters is 1. The molecule has 0 aliphatic carbocycles. The average molecular weight is 357 g/mol. The van der Waals surface area contributed by atoms with E-state index in [0.29, 0.717) is 19.4 Å². The summed E-state index contributed by atoms with van der Waals surface area (Å²) in [6.45, 7) is 2.79. The van der Waals surface area contributed by atoms with E-state index in [-0.39, 0.29) is 12.4 Å². The molecule has 0 aromatic rings. The molecule has 4 nitrogen and oxygen atoms in total. The summed E-state index contributed by atoms with van der Waals surface area (Å²) in [5, 5.41) is 8.52. The third-order valence-electron chi connectivity index (χ3n) is 4.53. The summed E-state index contributed by atoms with van der Waals surface area (Å²) in [7, 11) is 0. The molecular formula is C21H40O4. The Hall–Kier alpha value is -1.06. The molecule has 0 unspecified atom stereocenters. The monoisotopic (exact) mass is 356 g/mol. The minimum absolute atomic E-state index is 0.140. The largest absolute Gasteiger partial charge is 0.481 e. The molecule has 1 N–H and O–H groups in total. The molecule has 0 atom stereocenters. The smallest absolute Gasteiger partial charge is 0.305 e. The predicted molar refractivity (Wildman–Crippen MR) is 103 cm³/mol. The highest BCUT2D eigenvalue weighted by Gasteiger charge is 2.03. The lowest BCUT2D eigenvalue weighted by Crippen LogP contribution is -2.05. The standard InChI is InChI=1S/C21H40O4/c1-2-3-4-5-6-7-8-9-10-11-12-16-19-25-21(24)18-15-13-14-17-20(22)23/h2-19H2,1H3,(H,22,23). The quantitative estimate of drug-likeness (QED) is 0.219. The number of ether oxygens (including phenoxy) is 1. The molecule has 0 radical (unpaired) electrons. The first kappa shape index (κ1) is 23.9. The minimum Gasteiger partial charge on any atom is -0.481 e. The van der Waals surface area contributed by atoms with Crippen LogP contribution in [0, 0.1) is 0 Å². The summed E-state index contributed by atoms with van der Waals surface area (Å²) in [5.74, 6) is -0.909. The third kappa shape index (κ3) is 20.9. The molecule has 0 aromatic heterocycles. The van der Waals surface area contributed by atoms with Crippen LogP contribution in [0.5, 0.6) is 0 Å². The zero-order chi connectivity index (χ0) is 18.6. The molecule has 0 aromatic carbocycles. The van der Waals surface area contributed by atoms with E-state index in [9.17, 15) is 9.59 Å². The van der Waals surface area contributed by atoms with E-state index in [2.05, 4.69) is 6.92 Å². The zero-order valence-corrected chi connectivity index (χ0v) is 16.4. The molecule has 25 heavy (non-hydrogen) atoms. The molecule has 0 saturated heterocycles. The van der Waals surface area contributed by atoms with Crippen LogP contribution in [-0.2, 0) is 14.3 Å². The maximum absolute atomic E-state index is 11.5. The Labute approximate surface area is 154 Å². The first-order valence-corrected chi connectivity index (χ1v) is 10.5. The van der Waals surface area contributed by atoms with Crippen LogP contribution < -0.4 is 0 Å². The average Bonchev–Trinajstić information content (AvgIpc) is 2.58. The molecule has 0 amide bonds. The summed E-state index contributed by atoms with van der Waals surface area (Å²) in [5.41, 5.74) is 0. The van der Waals surface area contributed by atoms with Crippen molar-refractivity contribution in [1.29, 1.82) is 0 Å². The summed E-state index contributed by atoms with van der Waals surface area (Å²) >= 11 is 0. The van der Waals surface area contributed by atoms with Crippen LogP contribution >= 0.6 is 0 Å². The van der Waals surface area contributed by atoms with Gasteiger partial charge in [0.2, 0.25) is 0 Å². The second-order valence-electron chi connectivity index (χ2n) is 7.06. The number of hydrogen-bond donors (Lipinski definition) is 1. The number of rotatable bonds is 19. The third-order valence-corrected chi connectivity index (χ3v) is 4.53. The van der Waals surface area contributed by atoms with Crippen LogP contribution in [0.3, 0.4) is 0 Å². The second kappa shape index (κ2) is 19.3. The number of carbonyl (C=O) groups excluding carboxylic acids is 1. The highest BCUT2D eigenvalue weighted by molar-refractivity contribution is 5.69. The Kier molecular flexibility index (Phi) is 18.5. The molecule has 0 aliphatic rings. The SMILES string of the molecule is CCCCCCCCCCCCCCOC(=O)CCCCCC(=O)O. The maximum Gasteiger partial charge on any atom is 0.305 e. The number of hydrogen-bond acceptors (Lipinski definition) is 3. The van der Waals surface area contributed by atoms with Crippen molar-refractivity contribution in [3.05, 3.63) is 0 Å². The van der Waals surface area contributed by atoms with Crippen molar-refractivity contribution in [3.63, 3.8) is 0 Å². The molecule has 0 bridgehead atoms. The van der Waals surface area contributed by atoms with E-state index in [0.717, 1.165) is 25.7 Å². The minimum atomic E-state index is -0.769. The predicted octanol–water partition coefficient (Wildman–Crippen LogP) is 6.27. The Morgan fingerprint density at radius 1 is 0.640 bits per heavy atom. The van der Waals surface area contributed by atoms with Gasteiger partial charge in [-0.2, -0.15) is 0 Å². The van der Waals surface area contributed by atoms with E-state index in [1.54, 1.807) is 0 Å². The number of unbranched alkanes of at least 4 members (excludes halogenated alkanes) is 13. The van der Waals surface area contributed by atoms with Gasteiger partial charge in [-0.05, 0) is 19.3 Å². The molecule has 0 heterocycles. The molecular weight excluding hydrogens is 316 g/mol. The van der Waals surface area contributed by atoms with Crippen molar-refractivity contribution in [1.82, 2.24) is 0 Å². The Morgan fingerprint density at radius 3 is 1.60 bits per heavy atom. The van der Waals surface area contributed by atoms with Crippen LogP contribution in [0.2, 0.25) is 0 Å². The van der Waals surface area contributed by atoms with Crippen molar-refractivity contribution in [2.45, 2.75) is 116 Å². The summed E-state index contributed by atoms with van der Waals surface area (Å²) < 4.78 is 5.21. The Morgan fingerprint density at radius 2 is 1.08 bits per heavy atom. The van der Waals surface area contributed by atoms with Crippen molar-refractivity contribution >= 4 is 11.9 Å². The van der Waals surface area contributed by atoms with Crippen molar-refractivity contribution in [2.75, 3.05) is 6.61 Å². The van der Waals surface area contributed by atoms with Crippen LogP contribution in [0.4, 0.5) is 0 Å². The van der Waals surface area contributed by atoms with Gasteiger partial charge in [-0.3, -0.25) is 9.59 Å². The van der Waals surface area contributed by atoms with Crippen molar-refractivity contribution in [3.8, 4) is 0 Å². The van der Waals surface area contributed by atoms with Gasteiger partial charge in [-0.25, -0.2) is 0 Å². The normalized spacial score (nSPS) is 10.8. The Bertz CT molecular complexity index is 315. The maximum atomic E-state index is 11.5. The van der Waals surface area contributed by atoms with E-state index in [1.165, 1.54) is 64.2 Å². The number of carboxylic acids is 1. The highest BCUT2D eigenvalue weighted by atomic mass is 16.5. The van der Waals surface area contributed by atoms with E-state index in [4.69, 9.17) is 9.84 Å². The lowest BCUT2D eigenvalue weighted by Gasteiger charge is -2.05. The molecule has 4 heteroatoms. The van der Waals surface area contributed by atoms with Crippen LogP contribution in [0.15, 0.2) is 0 Å². The van der Waals surface area contributed by atoms with Gasteiger partial charge >= 0.3 is 11.9 Å². The van der Waals surface area contributed by atoms with Gasteiger partial charge in [-0.1, -0.05) is 84.0 Å². The Balaban J connectivity index is 3.14. The first-order valence-electron chi connectivity index (χ1n) is 10.5. The van der Waals surface area contributed by atoms with Gasteiger partial charge in [0.1, 0.15) is 0 Å². The van der Waals surface area contributed by atoms with Crippen molar-refractivity contribution in [2.24, 2.45) is 0 Å². The lowest BCUT2D eigenvalue weighted by molar-refractivity contribution is -0.143. The fourth-order valence-corrected chi connectivity index (χ4v) is 2.92. The van der Waals surface area contributed by atoms with Gasteiger partial charge in [-0.15, -0.1) is 0 Å². The first-order chi connectivity index (χ1) is 12.2. The molecule has 0 aliphatic heterocycles. The van der Waals surface area contributed by atoms with E-state index >= 15 is 0 Å². The van der Waals surface area contributed by atoms with Gasteiger partial charge in [0.05, 0.1) is 6.61 Å². The van der Waals surface area contributed by atoms with Crippen LogP contribution in [0.1, 0.15) is 116 Å². The van der Waals surface area contributed by atoms with E-state index < -0.39 is 5.97 Å². The van der Waals surface area contributed by atoms with Crippen molar-refractivity contribution < 1.29 is 19.4 Å². The second-order valence-corrected chi connectivity index (χ2v) is 7.06. The summed E-state index contributed by atoms with van der Waals surface area (Å²) in [4.78, 5) is 21.9. The number of carbonyl (C=O) groups is 2. The molecule has 0 spiro atoms. The molecule has 0 rings (SSSR count). The number of carboxylic acid groups (broad SMARTS) is 1. The van der Waals surface area contributed by atoms with Gasteiger partial charge < -0.3 is 9.84 Å².